The lowest BCUT2D eigenvalue weighted by molar-refractivity contribution is 0.0964. The van der Waals surface area contributed by atoms with E-state index in [0.717, 1.165) is 31.2 Å². The third-order valence-electron chi connectivity index (χ3n) is 7.83. The molecular weight excluding hydrogens is 541 g/mol. The Hall–Kier alpha value is -2.60. The number of carbonyl (C=O) groups is 1. The highest BCUT2D eigenvalue weighted by molar-refractivity contribution is 7.92. The summed E-state index contributed by atoms with van der Waals surface area (Å²) in [5, 5.41) is 2.89. The van der Waals surface area contributed by atoms with Crippen LogP contribution in [0.25, 0.3) is 22.3 Å². The summed E-state index contributed by atoms with van der Waals surface area (Å²) in [6, 6.07) is 9.29. The van der Waals surface area contributed by atoms with Crippen LogP contribution in [0.5, 0.6) is 0 Å². The van der Waals surface area contributed by atoms with Crippen LogP contribution in [0.15, 0.2) is 40.8 Å². The minimum Gasteiger partial charge on any atom is -0.593 e. The van der Waals surface area contributed by atoms with E-state index in [-0.39, 0.29) is 17.1 Å². The van der Waals surface area contributed by atoms with Gasteiger partial charge < -0.3 is 14.3 Å². The van der Waals surface area contributed by atoms with Gasteiger partial charge in [0, 0.05) is 37.2 Å². The number of fused-ring (bicyclic) bond motifs is 1. The average Bonchev–Trinajstić information content (AvgIpc) is 3.31. The molecule has 1 aliphatic heterocycles. The Morgan fingerprint density at radius 3 is 2.49 bits per heavy atom. The summed E-state index contributed by atoms with van der Waals surface area (Å²) in [4.78, 5) is 13.1. The number of piperidine rings is 1. The Kier molecular flexibility index (Phi) is 8.23. The molecule has 1 aromatic heterocycles. The maximum absolute atomic E-state index is 13.6. The molecule has 0 bridgehead atoms. The van der Waals surface area contributed by atoms with Gasteiger partial charge in [0.2, 0.25) is 10.0 Å². The highest BCUT2D eigenvalue weighted by Gasteiger charge is 2.37. The van der Waals surface area contributed by atoms with Crippen LogP contribution in [0.3, 0.4) is 0 Å². The van der Waals surface area contributed by atoms with Crippen molar-refractivity contribution in [2.75, 3.05) is 31.1 Å². The number of halogens is 1. The first-order valence-electron chi connectivity index (χ1n) is 13.4. The molecule has 1 saturated heterocycles. The summed E-state index contributed by atoms with van der Waals surface area (Å²) in [5.74, 6) is -0.617. The fraction of sp³-hybridized carbons (Fsp3) is 0.464. The number of rotatable bonds is 7. The largest absolute Gasteiger partial charge is 0.593 e. The molecule has 8 nitrogen and oxygen atoms in total. The van der Waals surface area contributed by atoms with Gasteiger partial charge in [-0.15, -0.1) is 0 Å². The molecule has 1 amide bonds. The normalized spacial score (nSPS) is 20.2. The monoisotopic (exact) mass is 575 g/mol. The summed E-state index contributed by atoms with van der Waals surface area (Å²) >= 11 is -1.40. The lowest BCUT2D eigenvalue weighted by atomic mass is 9.89. The van der Waals surface area contributed by atoms with Crippen molar-refractivity contribution >= 4 is 43.9 Å². The molecule has 1 saturated carbocycles. The number of anilines is 1. The predicted octanol–water partition coefficient (Wildman–Crippen LogP) is 5.15. The molecule has 2 aromatic carbocycles. The number of carbonyl (C=O) groups excluding carboxylic acids is 1. The molecule has 2 N–H and O–H groups in total. The number of amides is 1. The molecule has 0 spiro atoms. The summed E-state index contributed by atoms with van der Waals surface area (Å²) in [7, 11) is -1.90. The zero-order chi connectivity index (χ0) is 27.7. The molecule has 0 unspecified atom stereocenters. The van der Waals surface area contributed by atoms with E-state index in [1.165, 1.54) is 25.4 Å². The topological polar surface area (TPSA) is 115 Å². The number of nitrogens with zero attached hydrogens (tertiary/aromatic N) is 1. The lowest BCUT2D eigenvalue weighted by Crippen LogP contribution is -2.44. The van der Waals surface area contributed by atoms with Crippen LogP contribution >= 0.6 is 0 Å². The maximum atomic E-state index is 13.6. The molecule has 2 aliphatic rings. The van der Waals surface area contributed by atoms with Gasteiger partial charge in [0.05, 0.1) is 27.9 Å². The Bertz CT molecular complexity index is 1450. The van der Waals surface area contributed by atoms with Crippen LogP contribution in [-0.2, 0) is 21.4 Å². The van der Waals surface area contributed by atoms with Crippen LogP contribution in [0.1, 0.15) is 66.8 Å². The van der Waals surface area contributed by atoms with Gasteiger partial charge in [-0.2, -0.15) is 0 Å². The Morgan fingerprint density at radius 2 is 1.82 bits per heavy atom. The first-order chi connectivity index (χ1) is 18.7. The number of benzene rings is 2. The number of nitrogens with one attached hydrogen (secondary N) is 2. The van der Waals surface area contributed by atoms with E-state index in [0.29, 0.717) is 65.9 Å². The molecule has 11 heteroatoms. The number of hydrogen-bond acceptors (Lipinski definition) is 6. The Morgan fingerprint density at radius 1 is 1.10 bits per heavy atom. The summed E-state index contributed by atoms with van der Waals surface area (Å²) in [6.07, 6.45) is 7.35. The van der Waals surface area contributed by atoms with Crippen molar-refractivity contribution in [1.82, 2.24) is 9.62 Å². The van der Waals surface area contributed by atoms with E-state index in [1.807, 2.05) is 6.07 Å². The highest BCUT2D eigenvalue weighted by Crippen LogP contribution is 2.41. The second-order valence-corrected chi connectivity index (χ2v) is 13.7. The van der Waals surface area contributed by atoms with E-state index < -0.39 is 27.2 Å². The van der Waals surface area contributed by atoms with E-state index in [1.54, 1.807) is 22.5 Å². The van der Waals surface area contributed by atoms with Crippen LogP contribution < -0.4 is 10.0 Å². The van der Waals surface area contributed by atoms with Crippen molar-refractivity contribution in [3.8, 4) is 11.3 Å². The highest BCUT2D eigenvalue weighted by atomic mass is 32.2. The number of hydrogen-bond donors (Lipinski definition) is 2. The quantitative estimate of drug-likeness (QED) is 0.377. The first kappa shape index (κ1) is 27.9. The van der Waals surface area contributed by atoms with Crippen molar-refractivity contribution in [3.05, 3.63) is 53.3 Å². The molecule has 39 heavy (non-hydrogen) atoms. The fourth-order valence-electron chi connectivity index (χ4n) is 5.90. The number of furan rings is 1. The van der Waals surface area contributed by atoms with E-state index >= 15 is 0 Å². The summed E-state index contributed by atoms with van der Waals surface area (Å²) < 4.78 is 63.7. The first-order valence-corrected chi connectivity index (χ1v) is 16.4. The van der Waals surface area contributed by atoms with Crippen molar-refractivity contribution in [2.45, 2.75) is 56.1 Å². The molecule has 210 valence electrons. The third-order valence-corrected chi connectivity index (χ3v) is 10.7. The summed E-state index contributed by atoms with van der Waals surface area (Å²) in [5.41, 5.74) is 2.63. The van der Waals surface area contributed by atoms with Crippen molar-refractivity contribution < 1.29 is 26.6 Å². The molecule has 3 aromatic rings. The van der Waals surface area contributed by atoms with Crippen molar-refractivity contribution in [2.24, 2.45) is 0 Å². The van der Waals surface area contributed by atoms with Crippen LogP contribution in [0.2, 0.25) is 0 Å². The number of sulfonamides is 1. The zero-order valence-corrected chi connectivity index (χ0v) is 23.8. The lowest BCUT2D eigenvalue weighted by Gasteiger charge is -2.36. The van der Waals surface area contributed by atoms with Crippen LogP contribution in [-0.4, -0.2) is 54.8 Å². The maximum Gasteiger partial charge on any atom is 0.255 e. The van der Waals surface area contributed by atoms with E-state index in [9.17, 15) is 22.2 Å². The Labute approximate surface area is 231 Å². The van der Waals surface area contributed by atoms with E-state index in [2.05, 4.69) is 10.0 Å². The van der Waals surface area contributed by atoms with Gasteiger partial charge in [-0.05, 0) is 67.5 Å². The van der Waals surface area contributed by atoms with Gasteiger partial charge in [-0.3, -0.25) is 4.79 Å². The zero-order valence-electron chi connectivity index (χ0n) is 22.2. The minimum atomic E-state index is -3.43. The van der Waals surface area contributed by atoms with Gasteiger partial charge in [0.1, 0.15) is 23.4 Å². The summed E-state index contributed by atoms with van der Waals surface area (Å²) in [6.45, 7) is 0.817. The minimum absolute atomic E-state index is 0.158. The molecule has 0 radical (unpaired) electrons. The average molecular weight is 576 g/mol. The van der Waals surface area contributed by atoms with Gasteiger partial charge in [0.15, 0.2) is 0 Å². The van der Waals surface area contributed by atoms with Gasteiger partial charge >= 0.3 is 0 Å². The molecule has 2 fully saturated rings. The molecule has 2 atom stereocenters. The second-order valence-electron chi connectivity index (χ2n) is 10.4. The Balaban J connectivity index is 1.59. The molecular formula is C28H34FN3O5S2. The van der Waals surface area contributed by atoms with Gasteiger partial charge in [0.25, 0.3) is 5.91 Å². The smallest absolute Gasteiger partial charge is 0.255 e. The SMILES string of the molecule is CNC(=O)c1c(-c2ccc(F)cc2)oc2cc(N[S@+](C)[O-])c([C@H]3CCCN(S(=O)(=O)C4CCCCC4)C3)cc12. The van der Waals surface area contributed by atoms with Gasteiger partial charge in [-0.25, -0.2) is 21.8 Å². The van der Waals surface area contributed by atoms with Gasteiger partial charge in [-0.1, -0.05) is 19.3 Å². The fourth-order valence-corrected chi connectivity index (χ4v) is 8.51. The third kappa shape index (κ3) is 5.68. The molecule has 1 aliphatic carbocycles. The van der Waals surface area contributed by atoms with Crippen LogP contribution in [0.4, 0.5) is 10.1 Å². The van der Waals surface area contributed by atoms with E-state index in [4.69, 9.17) is 4.42 Å². The molecule has 2 heterocycles. The molecule has 5 rings (SSSR count). The van der Waals surface area contributed by atoms with Crippen molar-refractivity contribution in [3.63, 3.8) is 0 Å². The standard InChI is InChI=1S/C28H34FN3O5S2/c1-30-28(33)26-23-15-22(19-7-6-14-32(17-19)39(35,36)21-8-4-3-5-9-21)24(31-38(2)34)16-25(23)37-27(26)18-10-12-20(29)13-11-18/h10-13,15-16,19,21,31H,3-9,14,17H2,1-2H3,(H,30,33)/t19-,38-/m0/s1. The second kappa shape index (κ2) is 11.5. The predicted molar refractivity (Wildman–Crippen MR) is 152 cm³/mol. The van der Waals surface area contributed by atoms with Crippen LogP contribution in [0, 0.1) is 5.82 Å². The van der Waals surface area contributed by atoms with Crippen molar-refractivity contribution in [1.29, 1.82) is 0 Å².